The summed E-state index contributed by atoms with van der Waals surface area (Å²) in [5, 5.41) is 9.16. The Bertz CT molecular complexity index is 110. The van der Waals surface area contributed by atoms with Crippen LogP contribution in [0.2, 0.25) is 0 Å². The smallest absolute Gasteiger partial charge is 0.0469 e. The van der Waals surface area contributed by atoms with Crippen LogP contribution < -0.4 is 0 Å². The lowest BCUT2D eigenvalue weighted by Crippen LogP contribution is -2.27. The molecular formula is C9H18O2S. The Morgan fingerprint density at radius 1 is 1.50 bits per heavy atom. The van der Waals surface area contributed by atoms with Crippen molar-refractivity contribution in [3.63, 3.8) is 0 Å². The van der Waals surface area contributed by atoms with Crippen LogP contribution in [0.3, 0.4) is 0 Å². The zero-order chi connectivity index (χ0) is 8.81. The fraction of sp³-hybridized carbons (Fsp3) is 1.00. The summed E-state index contributed by atoms with van der Waals surface area (Å²) in [6, 6.07) is 0. The minimum atomic E-state index is 0.339. The molecule has 2 nitrogen and oxygen atoms in total. The van der Waals surface area contributed by atoms with Crippen LogP contribution in [0.15, 0.2) is 0 Å². The van der Waals surface area contributed by atoms with Crippen LogP contribution >= 0.6 is 11.8 Å². The van der Waals surface area contributed by atoms with Crippen molar-refractivity contribution in [3.05, 3.63) is 0 Å². The van der Waals surface area contributed by atoms with Gasteiger partial charge in [0.05, 0.1) is 0 Å². The molecule has 0 aliphatic carbocycles. The van der Waals surface area contributed by atoms with Crippen LogP contribution in [0.4, 0.5) is 0 Å². The molecule has 72 valence electrons. The Morgan fingerprint density at radius 2 is 2.17 bits per heavy atom. The summed E-state index contributed by atoms with van der Waals surface area (Å²) in [6.07, 6.45) is 4.36. The maximum Gasteiger partial charge on any atom is 0.0469 e. The summed E-state index contributed by atoms with van der Waals surface area (Å²) in [4.78, 5) is 0. The summed E-state index contributed by atoms with van der Waals surface area (Å²) >= 11 is 1.83. The van der Waals surface area contributed by atoms with Gasteiger partial charge in [-0.25, -0.2) is 0 Å². The molecule has 1 N–H and O–H groups in total. The lowest BCUT2D eigenvalue weighted by atomic mass is 9.88. The van der Waals surface area contributed by atoms with Gasteiger partial charge in [-0.1, -0.05) is 0 Å². The number of ether oxygens (including phenoxy) is 1. The zero-order valence-corrected chi connectivity index (χ0v) is 8.48. The molecular weight excluding hydrogens is 172 g/mol. The summed E-state index contributed by atoms with van der Waals surface area (Å²) < 4.78 is 5.28. The molecule has 0 amide bonds. The van der Waals surface area contributed by atoms with E-state index in [0.29, 0.717) is 18.4 Å². The lowest BCUT2D eigenvalue weighted by molar-refractivity contribution is 0.0388. The van der Waals surface area contributed by atoms with Gasteiger partial charge in [0.1, 0.15) is 0 Å². The second-order valence-electron chi connectivity index (χ2n) is 3.35. The van der Waals surface area contributed by atoms with E-state index in [1.807, 2.05) is 11.8 Å². The predicted molar refractivity (Wildman–Crippen MR) is 52.5 cm³/mol. The first-order chi connectivity index (χ1) is 5.88. The van der Waals surface area contributed by atoms with Crippen LogP contribution in [0.5, 0.6) is 0 Å². The molecule has 3 heteroatoms. The minimum absolute atomic E-state index is 0.339. The second kappa shape index (κ2) is 5.84. The average molecular weight is 190 g/mol. The molecule has 0 bridgehead atoms. The summed E-state index contributed by atoms with van der Waals surface area (Å²) in [7, 11) is 0. The van der Waals surface area contributed by atoms with Crippen molar-refractivity contribution in [1.29, 1.82) is 0 Å². The minimum Gasteiger partial charge on any atom is -0.396 e. The topological polar surface area (TPSA) is 29.5 Å². The second-order valence-corrected chi connectivity index (χ2v) is 4.26. The monoisotopic (exact) mass is 190 g/mol. The molecule has 0 aromatic heterocycles. The molecule has 1 rings (SSSR count). The first-order valence-electron chi connectivity index (χ1n) is 4.56. The molecule has 1 atom stereocenters. The molecule has 0 saturated carbocycles. The van der Waals surface area contributed by atoms with Crippen molar-refractivity contribution in [3.8, 4) is 0 Å². The quantitative estimate of drug-likeness (QED) is 0.726. The van der Waals surface area contributed by atoms with Crippen LogP contribution in [0, 0.1) is 11.8 Å². The van der Waals surface area contributed by atoms with Crippen LogP contribution in [-0.4, -0.2) is 36.9 Å². The molecule has 0 aromatic carbocycles. The number of thioether (sulfide) groups is 1. The zero-order valence-electron chi connectivity index (χ0n) is 7.66. The predicted octanol–water partition coefficient (Wildman–Crippen LogP) is 1.38. The Labute approximate surface area is 78.7 Å². The Morgan fingerprint density at radius 3 is 2.67 bits per heavy atom. The number of rotatable bonds is 4. The summed E-state index contributed by atoms with van der Waals surface area (Å²) in [5.74, 6) is 2.27. The van der Waals surface area contributed by atoms with Gasteiger partial charge in [-0.3, -0.25) is 0 Å². The molecule has 1 saturated heterocycles. The van der Waals surface area contributed by atoms with Gasteiger partial charge in [0.2, 0.25) is 0 Å². The first kappa shape index (κ1) is 10.4. The molecule has 0 aromatic rings. The highest BCUT2D eigenvalue weighted by Crippen LogP contribution is 2.25. The summed E-state index contributed by atoms with van der Waals surface area (Å²) in [5.41, 5.74) is 0. The molecule has 1 heterocycles. The van der Waals surface area contributed by atoms with Gasteiger partial charge in [0, 0.05) is 19.8 Å². The standard InChI is InChI=1S/C9H18O2S/c1-12-7-9(6-10)8-2-4-11-5-3-8/h8-10H,2-7H2,1H3. The van der Waals surface area contributed by atoms with Crippen molar-refractivity contribution >= 4 is 11.8 Å². The number of aliphatic hydroxyl groups is 1. The fourth-order valence-corrected chi connectivity index (χ4v) is 2.54. The van der Waals surface area contributed by atoms with E-state index in [2.05, 4.69) is 6.26 Å². The van der Waals surface area contributed by atoms with E-state index >= 15 is 0 Å². The van der Waals surface area contributed by atoms with E-state index in [1.165, 1.54) is 0 Å². The lowest BCUT2D eigenvalue weighted by Gasteiger charge is -2.28. The van der Waals surface area contributed by atoms with Crippen molar-refractivity contribution in [2.24, 2.45) is 11.8 Å². The van der Waals surface area contributed by atoms with Crippen LogP contribution in [0.25, 0.3) is 0 Å². The van der Waals surface area contributed by atoms with E-state index in [-0.39, 0.29) is 0 Å². The first-order valence-corrected chi connectivity index (χ1v) is 5.95. The molecule has 0 radical (unpaired) electrons. The van der Waals surface area contributed by atoms with Crippen LogP contribution in [-0.2, 0) is 4.74 Å². The maximum absolute atomic E-state index is 9.16. The van der Waals surface area contributed by atoms with E-state index < -0.39 is 0 Å². The normalized spacial score (nSPS) is 22.5. The van der Waals surface area contributed by atoms with E-state index in [4.69, 9.17) is 9.84 Å². The van der Waals surface area contributed by atoms with Crippen LogP contribution in [0.1, 0.15) is 12.8 Å². The van der Waals surface area contributed by atoms with E-state index in [9.17, 15) is 0 Å². The van der Waals surface area contributed by atoms with Crippen molar-refractivity contribution < 1.29 is 9.84 Å². The molecule has 12 heavy (non-hydrogen) atoms. The Balaban J connectivity index is 2.29. The maximum atomic E-state index is 9.16. The molecule has 1 unspecified atom stereocenters. The van der Waals surface area contributed by atoms with Crippen molar-refractivity contribution in [2.45, 2.75) is 12.8 Å². The molecule has 0 spiro atoms. The van der Waals surface area contributed by atoms with Gasteiger partial charge in [0.15, 0.2) is 0 Å². The Hall–Kier alpha value is 0.270. The SMILES string of the molecule is CSCC(CO)C1CCOCC1. The number of hydrogen-bond acceptors (Lipinski definition) is 3. The average Bonchev–Trinajstić information content (AvgIpc) is 2.15. The van der Waals surface area contributed by atoms with Gasteiger partial charge in [0.25, 0.3) is 0 Å². The van der Waals surface area contributed by atoms with Crippen molar-refractivity contribution in [1.82, 2.24) is 0 Å². The third-order valence-corrected chi connectivity index (χ3v) is 3.31. The van der Waals surface area contributed by atoms with Gasteiger partial charge >= 0.3 is 0 Å². The third-order valence-electron chi connectivity index (χ3n) is 2.55. The van der Waals surface area contributed by atoms with E-state index in [1.54, 1.807) is 0 Å². The van der Waals surface area contributed by atoms with Gasteiger partial charge < -0.3 is 9.84 Å². The number of aliphatic hydroxyl groups excluding tert-OH is 1. The fourth-order valence-electron chi connectivity index (χ4n) is 1.74. The van der Waals surface area contributed by atoms with Gasteiger partial charge in [-0.05, 0) is 36.7 Å². The molecule has 1 aliphatic heterocycles. The third kappa shape index (κ3) is 2.96. The van der Waals surface area contributed by atoms with E-state index in [0.717, 1.165) is 31.8 Å². The Kier molecular flexibility index (Phi) is 5.04. The summed E-state index contributed by atoms with van der Waals surface area (Å²) in [6.45, 7) is 2.11. The molecule has 1 fully saturated rings. The van der Waals surface area contributed by atoms with Gasteiger partial charge in [-0.2, -0.15) is 11.8 Å². The largest absolute Gasteiger partial charge is 0.396 e. The molecule has 1 aliphatic rings. The highest BCUT2D eigenvalue weighted by Gasteiger charge is 2.22. The van der Waals surface area contributed by atoms with Crippen molar-refractivity contribution in [2.75, 3.05) is 31.8 Å². The number of hydrogen-bond donors (Lipinski definition) is 1. The highest BCUT2D eigenvalue weighted by molar-refractivity contribution is 7.98. The van der Waals surface area contributed by atoms with Gasteiger partial charge in [-0.15, -0.1) is 0 Å². The highest BCUT2D eigenvalue weighted by atomic mass is 32.2.